The minimum absolute atomic E-state index is 0.0304. The zero-order chi connectivity index (χ0) is 15.1. The molecule has 2 aromatic rings. The highest BCUT2D eigenvalue weighted by Crippen LogP contribution is 2.60. The quantitative estimate of drug-likeness (QED) is 0.670. The first kappa shape index (κ1) is 13.4. The van der Waals surface area contributed by atoms with Crippen molar-refractivity contribution in [2.75, 3.05) is 0 Å². The standard InChI is InChI=1S/C17H17N3O2/c21-17(20-22)15-13(10-4-2-1-3-5-10)14(15)12-8-18-16(19-9-12)11-6-7-11/h1-5,8-9,11,13-15,22H,6-7H2,(H,20,21)/t13-,14-,15-/m1/s1. The molecule has 0 saturated heterocycles. The predicted octanol–water partition coefficient (Wildman–Crippen LogP) is 2.36. The molecule has 5 nitrogen and oxygen atoms in total. The third-order valence-electron chi connectivity index (χ3n) is 4.64. The lowest BCUT2D eigenvalue weighted by atomic mass is 10.1. The van der Waals surface area contributed by atoms with Crippen molar-refractivity contribution < 1.29 is 10.0 Å². The zero-order valence-corrected chi connectivity index (χ0v) is 12.0. The van der Waals surface area contributed by atoms with Gasteiger partial charge in [-0.05, 0) is 24.0 Å². The molecule has 5 heteroatoms. The van der Waals surface area contributed by atoms with E-state index in [1.54, 1.807) is 5.48 Å². The summed E-state index contributed by atoms with van der Waals surface area (Å²) in [6.07, 6.45) is 6.02. The lowest BCUT2D eigenvalue weighted by Crippen LogP contribution is -2.21. The molecule has 22 heavy (non-hydrogen) atoms. The molecule has 1 aromatic heterocycles. The molecule has 112 valence electrons. The number of nitrogens with zero attached hydrogens (tertiary/aromatic N) is 2. The number of rotatable bonds is 4. The van der Waals surface area contributed by atoms with E-state index in [2.05, 4.69) is 9.97 Å². The van der Waals surface area contributed by atoms with E-state index in [-0.39, 0.29) is 23.7 Å². The molecule has 1 heterocycles. The molecular weight excluding hydrogens is 278 g/mol. The van der Waals surface area contributed by atoms with Gasteiger partial charge in [0.1, 0.15) is 5.82 Å². The molecule has 2 fully saturated rings. The van der Waals surface area contributed by atoms with Gasteiger partial charge in [-0.25, -0.2) is 15.4 Å². The largest absolute Gasteiger partial charge is 0.289 e. The van der Waals surface area contributed by atoms with Crippen LogP contribution in [0.4, 0.5) is 0 Å². The maximum absolute atomic E-state index is 11.9. The molecule has 1 amide bonds. The number of benzene rings is 1. The molecule has 0 aliphatic heterocycles. The summed E-state index contributed by atoms with van der Waals surface area (Å²) in [4.78, 5) is 20.8. The van der Waals surface area contributed by atoms with Gasteiger partial charge < -0.3 is 0 Å². The van der Waals surface area contributed by atoms with E-state index in [1.807, 2.05) is 42.7 Å². The minimum atomic E-state index is -0.342. The van der Waals surface area contributed by atoms with Crippen molar-refractivity contribution in [3.8, 4) is 0 Å². The summed E-state index contributed by atoms with van der Waals surface area (Å²) in [6.45, 7) is 0. The monoisotopic (exact) mass is 295 g/mol. The van der Waals surface area contributed by atoms with E-state index in [0.29, 0.717) is 5.92 Å². The van der Waals surface area contributed by atoms with Crippen molar-refractivity contribution in [2.45, 2.75) is 30.6 Å². The van der Waals surface area contributed by atoms with E-state index in [1.165, 1.54) is 12.8 Å². The fourth-order valence-electron chi connectivity index (χ4n) is 3.29. The van der Waals surface area contributed by atoms with Gasteiger partial charge in [0.15, 0.2) is 0 Å². The average Bonchev–Trinajstić information content (AvgIpc) is 3.48. The number of carbonyl (C=O) groups excluding carboxylic acids is 1. The maximum Gasteiger partial charge on any atom is 0.247 e. The van der Waals surface area contributed by atoms with Crippen LogP contribution in [0.25, 0.3) is 0 Å². The van der Waals surface area contributed by atoms with Crippen molar-refractivity contribution in [1.29, 1.82) is 0 Å². The highest BCUT2D eigenvalue weighted by molar-refractivity contribution is 5.84. The van der Waals surface area contributed by atoms with Gasteiger partial charge in [0.25, 0.3) is 0 Å². The predicted molar refractivity (Wildman–Crippen MR) is 79.4 cm³/mol. The number of nitrogens with one attached hydrogen (secondary N) is 1. The highest BCUT2D eigenvalue weighted by atomic mass is 16.5. The summed E-state index contributed by atoms with van der Waals surface area (Å²) >= 11 is 0. The summed E-state index contributed by atoms with van der Waals surface area (Å²) < 4.78 is 0. The Morgan fingerprint density at radius 2 is 1.68 bits per heavy atom. The number of carbonyl (C=O) groups is 1. The van der Waals surface area contributed by atoms with Crippen LogP contribution in [0.3, 0.4) is 0 Å². The van der Waals surface area contributed by atoms with Crippen LogP contribution in [0.1, 0.15) is 47.5 Å². The fourth-order valence-corrected chi connectivity index (χ4v) is 3.29. The Morgan fingerprint density at radius 1 is 1.05 bits per heavy atom. The van der Waals surface area contributed by atoms with Crippen LogP contribution < -0.4 is 5.48 Å². The minimum Gasteiger partial charge on any atom is -0.289 e. The highest BCUT2D eigenvalue weighted by Gasteiger charge is 2.56. The van der Waals surface area contributed by atoms with Gasteiger partial charge in [-0.15, -0.1) is 0 Å². The second-order valence-corrected chi connectivity index (χ2v) is 6.11. The third kappa shape index (κ3) is 2.27. The van der Waals surface area contributed by atoms with E-state index in [4.69, 9.17) is 5.21 Å². The lowest BCUT2D eigenvalue weighted by molar-refractivity contribution is -0.130. The topological polar surface area (TPSA) is 75.1 Å². The van der Waals surface area contributed by atoms with Crippen LogP contribution in [0.2, 0.25) is 0 Å². The van der Waals surface area contributed by atoms with E-state index < -0.39 is 0 Å². The van der Waals surface area contributed by atoms with Gasteiger partial charge in [0.05, 0.1) is 5.92 Å². The number of aromatic nitrogens is 2. The molecule has 0 radical (unpaired) electrons. The van der Waals surface area contributed by atoms with E-state index >= 15 is 0 Å². The summed E-state index contributed by atoms with van der Waals surface area (Å²) in [5.41, 5.74) is 3.85. The van der Waals surface area contributed by atoms with Crippen molar-refractivity contribution >= 4 is 5.91 Å². The van der Waals surface area contributed by atoms with Gasteiger partial charge in [-0.1, -0.05) is 30.3 Å². The van der Waals surface area contributed by atoms with Crippen LogP contribution in [0, 0.1) is 5.92 Å². The lowest BCUT2D eigenvalue weighted by Gasteiger charge is -2.01. The fraction of sp³-hybridized carbons (Fsp3) is 0.353. The first-order valence-corrected chi connectivity index (χ1v) is 7.60. The molecule has 0 bridgehead atoms. The van der Waals surface area contributed by atoms with Gasteiger partial charge in [0.2, 0.25) is 5.91 Å². The van der Waals surface area contributed by atoms with Gasteiger partial charge in [0, 0.05) is 30.1 Å². The first-order chi connectivity index (χ1) is 10.8. The smallest absolute Gasteiger partial charge is 0.247 e. The summed E-state index contributed by atoms with van der Waals surface area (Å²) in [5, 5.41) is 8.97. The van der Waals surface area contributed by atoms with Crippen LogP contribution in [-0.4, -0.2) is 21.1 Å². The number of hydrogen-bond donors (Lipinski definition) is 2. The van der Waals surface area contributed by atoms with Crippen LogP contribution >= 0.6 is 0 Å². The molecule has 0 spiro atoms. The van der Waals surface area contributed by atoms with Crippen LogP contribution in [-0.2, 0) is 4.79 Å². The van der Waals surface area contributed by atoms with Crippen molar-refractivity contribution in [3.05, 3.63) is 59.7 Å². The Balaban J connectivity index is 1.62. The molecule has 3 atom stereocenters. The number of hydroxylamine groups is 1. The number of amides is 1. The van der Waals surface area contributed by atoms with Gasteiger partial charge >= 0.3 is 0 Å². The molecule has 4 rings (SSSR count). The zero-order valence-electron chi connectivity index (χ0n) is 12.0. The SMILES string of the molecule is O=C(NO)[C@@H]1[C@H](c2ccccc2)[C@H]1c1cnc(C2CC2)nc1. The molecule has 2 aliphatic rings. The average molecular weight is 295 g/mol. The van der Waals surface area contributed by atoms with E-state index in [9.17, 15) is 4.79 Å². The van der Waals surface area contributed by atoms with Gasteiger partial charge in [-0.3, -0.25) is 10.0 Å². The first-order valence-electron chi connectivity index (χ1n) is 7.60. The van der Waals surface area contributed by atoms with Crippen molar-refractivity contribution in [3.63, 3.8) is 0 Å². The van der Waals surface area contributed by atoms with Gasteiger partial charge in [-0.2, -0.15) is 0 Å². The molecule has 2 N–H and O–H groups in total. The van der Waals surface area contributed by atoms with Crippen molar-refractivity contribution in [2.24, 2.45) is 5.92 Å². The summed E-state index contributed by atoms with van der Waals surface area (Å²) in [6, 6.07) is 9.91. The molecular formula is C17H17N3O2. The maximum atomic E-state index is 11.9. The third-order valence-corrected chi connectivity index (χ3v) is 4.64. The Hall–Kier alpha value is -2.27. The normalized spacial score (nSPS) is 26.5. The molecule has 2 saturated carbocycles. The Labute approximate surface area is 128 Å². The molecule has 2 aliphatic carbocycles. The summed E-state index contributed by atoms with van der Waals surface area (Å²) in [5.74, 6) is 0.929. The second-order valence-electron chi connectivity index (χ2n) is 6.11. The second kappa shape index (κ2) is 5.18. The number of hydrogen-bond acceptors (Lipinski definition) is 4. The van der Waals surface area contributed by atoms with Crippen LogP contribution in [0.15, 0.2) is 42.7 Å². The summed E-state index contributed by atoms with van der Waals surface area (Å²) in [7, 11) is 0. The molecule has 1 aromatic carbocycles. The van der Waals surface area contributed by atoms with E-state index in [0.717, 1.165) is 17.0 Å². The molecule has 0 unspecified atom stereocenters. The Bertz CT molecular complexity index is 683. The Kier molecular flexibility index (Phi) is 3.15. The Morgan fingerprint density at radius 3 is 2.27 bits per heavy atom. The van der Waals surface area contributed by atoms with Crippen LogP contribution in [0.5, 0.6) is 0 Å². The van der Waals surface area contributed by atoms with Crippen molar-refractivity contribution in [1.82, 2.24) is 15.4 Å².